The number of nitrogens with zero attached hydrogens (tertiary/aromatic N) is 1. The number of carbonyl (C=O) groups excluding carboxylic acids is 1. The van der Waals surface area contributed by atoms with Gasteiger partial charge in [0.15, 0.2) is 0 Å². The number of nitrogens with one attached hydrogen (secondary N) is 1. The summed E-state index contributed by atoms with van der Waals surface area (Å²) in [6.07, 6.45) is 2.94. The smallest absolute Gasteiger partial charge is 0.223 e. The second kappa shape index (κ2) is 5.44. The lowest BCUT2D eigenvalue weighted by atomic mass is 9.78. The molecule has 20 heavy (non-hydrogen) atoms. The molecular weight excluding hydrogens is 252 g/mol. The van der Waals surface area contributed by atoms with E-state index in [1.807, 2.05) is 29.2 Å². The summed E-state index contributed by atoms with van der Waals surface area (Å²) in [5.74, 6) is 1.16. The highest BCUT2D eigenvalue weighted by Crippen LogP contribution is 2.40. The first-order chi connectivity index (χ1) is 9.72. The van der Waals surface area contributed by atoms with Gasteiger partial charge in [-0.1, -0.05) is 18.2 Å². The van der Waals surface area contributed by atoms with Gasteiger partial charge in [-0.05, 0) is 37.4 Å². The molecular formula is C16H22N2O2. The number of para-hydroxylation sites is 1. The van der Waals surface area contributed by atoms with Gasteiger partial charge in [0.05, 0.1) is 7.11 Å². The van der Waals surface area contributed by atoms with Crippen LogP contribution in [0.25, 0.3) is 0 Å². The number of ether oxygens (including phenoxy) is 1. The van der Waals surface area contributed by atoms with Crippen LogP contribution in [-0.2, 0) is 11.3 Å². The predicted octanol–water partition coefficient (Wildman–Crippen LogP) is 1.80. The third-order valence-corrected chi connectivity index (χ3v) is 4.62. The molecule has 3 rings (SSSR count). The van der Waals surface area contributed by atoms with E-state index in [1.54, 1.807) is 7.11 Å². The molecule has 1 N–H and O–H groups in total. The maximum Gasteiger partial charge on any atom is 0.223 e. The van der Waals surface area contributed by atoms with E-state index in [9.17, 15) is 4.79 Å². The van der Waals surface area contributed by atoms with Gasteiger partial charge >= 0.3 is 0 Å². The number of carbonyl (C=O) groups is 1. The number of piperidine rings is 1. The van der Waals surface area contributed by atoms with Crippen molar-refractivity contribution in [2.24, 2.45) is 5.41 Å². The first-order valence-electron chi connectivity index (χ1n) is 7.33. The third-order valence-electron chi connectivity index (χ3n) is 4.62. The minimum absolute atomic E-state index is 0.213. The molecule has 0 aromatic heterocycles. The largest absolute Gasteiger partial charge is 0.496 e. The number of hydrogen-bond acceptors (Lipinski definition) is 3. The Morgan fingerprint density at radius 2 is 2.05 bits per heavy atom. The molecule has 1 aromatic rings. The topological polar surface area (TPSA) is 41.6 Å². The molecule has 0 atom stereocenters. The van der Waals surface area contributed by atoms with Gasteiger partial charge in [0.2, 0.25) is 5.91 Å². The van der Waals surface area contributed by atoms with Crippen LogP contribution in [0, 0.1) is 5.41 Å². The van der Waals surface area contributed by atoms with Crippen LogP contribution < -0.4 is 10.1 Å². The number of benzene rings is 1. The van der Waals surface area contributed by atoms with Crippen molar-refractivity contribution in [3.63, 3.8) is 0 Å². The van der Waals surface area contributed by atoms with Gasteiger partial charge in [-0.3, -0.25) is 4.79 Å². The van der Waals surface area contributed by atoms with E-state index in [2.05, 4.69) is 5.32 Å². The molecule has 1 aromatic carbocycles. The van der Waals surface area contributed by atoms with Crippen molar-refractivity contribution >= 4 is 5.91 Å². The van der Waals surface area contributed by atoms with Crippen molar-refractivity contribution < 1.29 is 9.53 Å². The fourth-order valence-electron chi connectivity index (χ4n) is 3.46. The molecule has 2 fully saturated rings. The molecule has 2 saturated heterocycles. The van der Waals surface area contributed by atoms with Crippen molar-refractivity contribution in [2.45, 2.75) is 25.8 Å². The minimum atomic E-state index is 0.213. The number of amides is 1. The SMILES string of the molecule is COc1ccccc1CN1CC2(CCNCC2)CC1=O. The van der Waals surface area contributed by atoms with Gasteiger partial charge in [0.25, 0.3) is 0 Å². The summed E-state index contributed by atoms with van der Waals surface area (Å²) in [7, 11) is 1.68. The van der Waals surface area contributed by atoms with Crippen LogP contribution in [0.2, 0.25) is 0 Å². The number of hydrogen-bond donors (Lipinski definition) is 1. The Morgan fingerprint density at radius 3 is 2.80 bits per heavy atom. The molecule has 2 aliphatic rings. The second-order valence-corrected chi connectivity index (χ2v) is 5.99. The summed E-state index contributed by atoms with van der Waals surface area (Å²) >= 11 is 0. The van der Waals surface area contributed by atoms with E-state index in [0.717, 1.165) is 43.8 Å². The lowest BCUT2D eigenvalue weighted by Crippen LogP contribution is -2.38. The Bertz CT molecular complexity index is 495. The van der Waals surface area contributed by atoms with Crippen LogP contribution >= 0.6 is 0 Å². The van der Waals surface area contributed by atoms with Crippen molar-refractivity contribution in [1.29, 1.82) is 0 Å². The van der Waals surface area contributed by atoms with E-state index in [-0.39, 0.29) is 11.3 Å². The highest BCUT2D eigenvalue weighted by atomic mass is 16.5. The molecule has 4 nitrogen and oxygen atoms in total. The molecule has 0 unspecified atom stereocenters. The molecule has 2 aliphatic heterocycles. The van der Waals surface area contributed by atoms with Crippen LogP contribution in [0.4, 0.5) is 0 Å². The first kappa shape index (κ1) is 13.4. The van der Waals surface area contributed by atoms with Crippen LogP contribution in [0.1, 0.15) is 24.8 Å². The van der Waals surface area contributed by atoms with Crippen LogP contribution in [0.3, 0.4) is 0 Å². The zero-order chi connectivity index (χ0) is 14.0. The fraction of sp³-hybridized carbons (Fsp3) is 0.562. The van der Waals surface area contributed by atoms with Gasteiger partial charge in [0, 0.05) is 25.1 Å². The minimum Gasteiger partial charge on any atom is -0.496 e. The lowest BCUT2D eigenvalue weighted by Gasteiger charge is -2.33. The molecule has 0 aliphatic carbocycles. The number of methoxy groups -OCH3 is 1. The molecule has 0 bridgehead atoms. The molecule has 4 heteroatoms. The Morgan fingerprint density at radius 1 is 1.30 bits per heavy atom. The van der Waals surface area contributed by atoms with E-state index in [1.165, 1.54) is 0 Å². The molecule has 108 valence electrons. The molecule has 0 radical (unpaired) electrons. The summed E-state index contributed by atoms with van der Waals surface area (Å²) in [5, 5.41) is 3.38. The van der Waals surface area contributed by atoms with Gasteiger partial charge in [-0.2, -0.15) is 0 Å². The normalized spacial score (nSPS) is 21.4. The average molecular weight is 274 g/mol. The monoisotopic (exact) mass is 274 g/mol. The number of likely N-dealkylation sites (tertiary alicyclic amines) is 1. The molecule has 1 spiro atoms. The fourth-order valence-corrected chi connectivity index (χ4v) is 3.46. The van der Waals surface area contributed by atoms with Crippen molar-refractivity contribution in [2.75, 3.05) is 26.7 Å². The summed E-state index contributed by atoms with van der Waals surface area (Å²) < 4.78 is 5.38. The van der Waals surface area contributed by atoms with E-state index < -0.39 is 0 Å². The first-order valence-corrected chi connectivity index (χ1v) is 7.33. The summed E-state index contributed by atoms with van der Waals surface area (Å²) in [5.41, 5.74) is 1.30. The van der Waals surface area contributed by atoms with Gasteiger partial charge in [-0.25, -0.2) is 0 Å². The van der Waals surface area contributed by atoms with Gasteiger partial charge < -0.3 is 15.0 Å². The Balaban J connectivity index is 1.73. The van der Waals surface area contributed by atoms with Crippen LogP contribution in [-0.4, -0.2) is 37.6 Å². The zero-order valence-corrected chi connectivity index (χ0v) is 12.0. The lowest BCUT2D eigenvalue weighted by molar-refractivity contribution is -0.128. The Kier molecular flexibility index (Phi) is 3.66. The van der Waals surface area contributed by atoms with Gasteiger partial charge in [0.1, 0.15) is 5.75 Å². The molecule has 1 amide bonds. The Hall–Kier alpha value is -1.55. The third kappa shape index (κ3) is 2.52. The van der Waals surface area contributed by atoms with Crippen molar-refractivity contribution in [3.05, 3.63) is 29.8 Å². The average Bonchev–Trinajstić information content (AvgIpc) is 2.76. The zero-order valence-electron chi connectivity index (χ0n) is 12.0. The molecule has 2 heterocycles. The van der Waals surface area contributed by atoms with Gasteiger partial charge in [-0.15, -0.1) is 0 Å². The Labute approximate surface area is 120 Å². The second-order valence-electron chi connectivity index (χ2n) is 5.99. The van der Waals surface area contributed by atoms with Crippen molar-refractivity contribution in [3.8, 4) is 5.75 Å². The van der Waals surface area contributed by atoms with Crippen molar-refractivity contribution in [1.82, 2.24) is 10.2 Å². The predicted molar refractivity (Wildman–Crippen MR) is 77.6 cm³/mol. The van der Waals surface area contributed by atoms with E-state index in [0.29, 0.717) is 13.0 Å². The summed E-state index contributed by atoms with van der Waals surface area (Å²) in [6, 6.07) is 7.96. The molecule has 0 saturated carbocycles. The maximum absolute atomic E-state index is 12.3. The quantitative estimate of drug-likeness (QED) is 0.914. The summed E-state index contributed by atoms with van der Waals surface area (Å²) in [6.45, 7) is 3.63. The van der Waals surface area contributed by atoms with Crippen LogP contribution in [0.5, 0.6) is 5.75 Å². The highest BCUT2D eigenvalue weighted by Gasteiger charge is 2.43. The van der Waals surface area contributed by atoms with E-state index in [4.69, 9.17) is 4.74 Å². The highest BCUT2D eigenvalue weighted by molar-refractivity contribution is 5.79. The number of rotatable bonds is 3. The maximum atomic E-state index is 12.3. The standard InChI is InChI=1S/C16H22N2O2/c1-20-14-5-3-2-4-13(14)11-18-12-16(10-15(18)19)6-8-17-9-7-16/h2-5,17H,6-12H2,1H3. The van der Waals surface area contributed by atoms with E-state index >= 15 is 0 Å². The summed E-state index contributed by atoms with van der Waals surface area (Å²) in [4.78, 5) is 14.3. The van der Waals surface area contributed by atoms with Crippen LogP contribution in [0.15, 0.2) is 24.3 Å².